The molecule has 0 radical (unpaired) electrons. The summed E-state index contributed by atoms with van der Waals surface area (Å²) < 4.78 is 39.6. The largest absolute Gasteiger partial charge is 0.508 e. The molecule has 3 fully saturated rings. The molecule has 54 heavy (non-hydrogen) atoms. The molecular weight excluding hydrogens is 728 g/mol. The number of fused-ring (bicyclic) bond motifs is 1. The van der Waals surface area contributed by atoms with Crippen LogP contribution in [0.3, 0.4) is 0 Å². The fourth-order valence-electron chi connectivity index (χ4n) is 6.49. The Labute approximate surface area is 304 Å². The lowest BCUT2D eigenvalue weighted by molar-refractivity contribution is -0.359. The highest BCUT2D eigenvalue weighted by molar-refractivity contribution is 5.88. The van der Waals surface area contributed by atoms with Gasteiger partial charge in [0, 0.05) is 17.7 Å². The van der Waals surface area contributed by atoms with Gasteiger partial charge in [0.1, 0.15) is 95.4 Å². The number of hydrogen-bond acceptors (Lipinski definition) is 20. The summed E-state index contributed by atoms with van der Waals surface area (Å²) >= 11 is 0. The minimum absolute atomic E-state index is 0.0866. The van der Waals surface area contributed by atoms with E-state index < -0.39 is 133 Å². The van der Waals surface area contributed by atoms with Crippen molar-refractivity contribution in [1.29, 1.82) is 0 Å². The van der Waals surface area contributed by atoms with Crippen molar-refractivity contribution in [3.8, 4) is 34.3 Å². The van der Waals surface area contributed by atoms with Crippen molar-refractivity contribution in [2.45, 2.75) is 106 Å². The molecule has 12 N–H and O–H groups in total. The normalized spacial score (nSPS) is 37.4. The number of hydrogen-bond donors (Lipinski definition) is 12. The highest BCUT2D eigenvalue weighted by Gasteiger charge is 2.51. The number of phenols is 3. The minimum atomic E-state index is -1.99. The molecule has 4 heterocycles. The van der Waals surface area contributed by atoms with Crippen LogP contribution in [0.25, 0.3) is 22.3 Å². The van der Waals surface area contributed by atoms with Gasteiger partial charge in [-0.3, -0.25) is 4.79 Å². The Bertz CT molecular complexity index is 1850. The van der Waals surface area contributed by atoms with Gasteiger partial charge in [0.25, 0.3) is 0 Å². The van der Waals surface area contributed by atoms with Crippen molar-refractivity contribution >= 4 is 11.0 Å². The van der Waals surface area contributed by atoms with Crippen LogP contribution >= 0.6 is 0 Å². The molecule has 1 aromatic heterocycles. The third-order valence-electron chi connectivity index (χ3n) is 9.62. The van der Waals surface area contributed by atoms with Crippen LogP contribution in [0.4, 0.5) is 0 Å². The van der Waals surface area contributed by atoms with Gasteiger partial charge in [0.15, 0.2) is 18.3 Å². The summed E-state index contributed by atoms with van der Waals surface area (Å²) in [7, 11) is 0. The topological polar surface area (TPSA) is 328 Å². The van der Waals surface area contributed by atoms with Gasteiger partial charge in [-0.15, -0.1) is 0 Å². The fourth-order valence-corrected chi connectivity index (χ4v) is 6.49. The van der Waals surface area contributed by atoms with Crippen LogP contribution in [0.15, 0.2) is 39.5 Å². The van der Waals surface area contributed by atoms with Crippen LogP contribution in [-0.4, -0.2) is 167 Å². The second kappa shape index (κ2) is 15.8. The quantitative estimate of drug-likeness (QED) is 0.102. The molecule has 298 valence electrons. The van der Waals surface area contributed by atoms with Crippen LogP contribution in [0.1, 0.15) is 12.5 Å². The van der Waals surface area contributed by atoms with Crippen molar-refractivity contribution in [1.82, 2.24) is 0 Å². The fraction of sp³-hybridized carbons (Fsp3) is 0.559. The first kappa shape index (κ1) is 40.0. The van der Waals surface area contributed by atoms with Crippen molar-refractivity contribution in [3.05, 3.63) is 46.1 Å². The lowest BCUT2D eigenvalue weighted by Crippen LogP contribution is -2.64. The number of rotatable bonds is 9. The average Bonchev–Trinajstić information content (AvgIpc) is 3.13. The first-order valence-corrected chi connectivity index (χ1v) is 16.8. The lowest BCUT2D eigenvalue weighted by Gasteiger charge is -2.46. The number of aryl methyl sites for hydroxylation is 1. The Hall–Kier alpha value is -3.71. The van der Waals surface area contributed by atoms with Crippen molar-refractivity contribution < 1.29 is 94.1 Å². The van der Waals surface area contributed by atoms with Gasteiger partial charge in [-0.05, 0) is 37.6 Å². The van der Waals surface area contributed by atoms with E-state index in [0.29, 0.717) is 5.56 Å². The second-order valence-electron chi connectivity index (χ2n) is 13.4. The Balaban J connectivity index is 1.19. The molecule has 0 spiro atoms. The summed E-state index contributed by atoms with van der Waals surface area (Å²) in [4.78, 5) is 13.8. The van der Waals surface area contributed by atoms with Crippen LogP contribution in [0, 0.1) is 6.92 Å². The lowest BCUT2D eigenvalue weighted by atomic mass is 9.97. The zero-order valence-electron chi connectivity index (χ0n) is 28.6. The molecule has 0 saturated carbocycles. The summed E-state index contributed by atoms with van der Waals surface area (Å²) in [5.74, 6) is -2.11. The number of aromatic hydroxyl groups is 3. The number of aliphatic hydroxyl groups is 9. The summed E-state index contributed by atoms with van der Waals surface area (Å²) in [6.07, 6.45) is -25.2. The van der Waals surface area contributed by atoms with E-state index in [0.717, 1.165) is 12.1 Å². The van der Waals surface area contributed by atoms with E-state index in [1.165, 1.54) is 25.1 Å². The van der Waals surface area contributed by atoms with E-state index in [2.05, 4.69) is 0 Å². The highest BCUT2D eigenvalue weighted by Crippen LogP contribution is 2.38. The molecule has 6 rings (SSSR count). The summed E-state index contributed by atoms with van der Waals surface area (Å²) in [6, 6.07) is 6.07. The predicted molar refractivity (Wildman–Crippen MR) is 176 cm³/mol. The van der Waals surface area contributed by atoms with Gasteiger partial charge < -0.3 is 94.1 Å². The number of ether oxygens (including phenoxy) is 6. The minimum Gasteiger partial charge on any atom is -0.508 e. The van der Waals surface area contributed by atoms with E-state index in [1.807, 2.05) is 0 Å². The van der Waals surface area contributed by atoms with Crippen LogP contribution < -0.4 is 10.2 Å². The van der Waals surface area contributed by atoms with Crippen LogP contribution in [-0.2, 0) is 23.7 Å². The molecule has 3 aliphatic heterocycles. The van der Waals surface area contributed by atoms with E-state index in [1.54, 1.807) is 6.92 Å². The van der Waals surface area contributed by atoms with E-state index in [4.69, 9.17) is 32.8 Å². The number of benzene rings is 2. The Morgan fingerprint density at radius 2 is 1.33 bits per heavy atom. The maximum absolute atomic E-state index is 13.8. The van der Waals surface area contributed by atoms with Gasteiger partial charge in [-0.25, -0.2) is 0 Å². The molecule has 20 heteroatoms. The van der Waals surface area contributed by atoms with E-state index >= 15 is 0 Å². The van der Waals surface area contributed by atoms with Gasteiger partial charge in [0.2, 0.25) is 17.5 Å². The zero-order valence-corrected chi connectivity index (χ0v) is 28.6. The molecule has 20 nitrogen and oxygen atoms in total. The smallest absolute Gasteiger partial charge is 0.239 e. The molecule has 3 aromatic rings. The van der Waals surface area contributed by atoms with Gasteiger partial charge in [-0.2, -0.15) is 0 Å². The summed E-state index contributed by atoms with van der Waals surface area (Å²) in [5.41, 5.74) is -0.692. The molecule has 2 aromatic carbocycles. The Morgan fingerprint density at radius 1 is 0.704 bits per heavy atom. The number of phenolic OH excluding ortho intramolecular Hbond substituents is 3. The molecule has 15 atom stereocenters. The third-order valence-corrected chi connectivity index (χ3v) is 9.62. The van der Waals surface area contributed by atoms with Gasteiger partial charge >= 0.3 is 0 Å². The van der Waals surface area contributed by atoms with Crippen LogP contribution in [0.2, 0.25) is 0 Å². The van der Waals surface area contributed by atoms with Gasteiger partial charge in [-0.1, -0.05) is 0 Å². The van der Waals surface area contributed by atoms with Crippen molar-refractivity contribution in [3.63, 3.8) is 0 Å². The van der Waals surface area contributed by atoms with E-state index in [9.17, 15) is 66.1 Å². The van der Waals surface area contributed by atoms with E-state index in [-0.39, 0.29) is 22.7 Å². The molecule has 15 unspecified atom stereocenters. The molecular formula is C34H42O20. The Kier molecular flexibility index (Phi) is 11.7. The maximum Gasteiger partial charge on any atom is 0.239 e. The van der Waals surface area contributed by atoms with Crippen molar-refractivity contribution in [2.24, 2.45) is 0 Å². The first-order chi connectivity index (χ1) is 25.5. The standard InChI is InChI=1S/C34H42O20/c1-10-5-12(3-4-14(10)37)30-31(22(41)19-15(38)6-13(36)7-16(19)50-30)54-34-27(46)24(43)21(40)18(52-34)9-48-32-28(47)25(44)29(11(2)49-32)53-33-26(45)23(42)20(39)17(8-35)51-33/h3-7,11,17-18,20-21,23-29,32-40,42-47H,8-9H2,1-2H3. The monoisotopic (exact) mass is 770 g/mol. The zero-order chi connectivity index (χ0) is 39.3. The Morgan fingerprint density at radius 3 is 2.00 bits per heavy atom. The second-order valence-corrected chi connectivity index (χ2v) is 13.4. The van der Waals surface area contributed by atoms with Gasteiger partial charge in [0.05, 0.1) is 19.3 Å². The summed E-state index contributed by atoms with van der Waals surface area (Å²) in [6.45, 7) is 1.55. The molecule has 0 aliphatic carbocycles. The SMILES string of the molecule is Cc1cc(-c2oc3cc(O)cc(O)c3c(=O)c2OC2OC(COC3OC(C)C(OC4OC(CO)C(O)C(O)C4O)C(O)C3O)C(O)C(O)C2O)ccc1O. The maximum atomic E-state index is 13.8. The number of aliphatic hydroxyl groups excluding tert-OH is 9. The average molecular weight is 771 g/mol. The molecule has 0 amide bonds. The predicted octanol–water partition coefficient (Wildman–Crippen LogP) is -3.26. The molecule has 3 saturated heterocycles. The molecule has 3 aliphatic rings. The third kappa shape index (κ3) is 7.46. The van der Waals surface area contributed by atoms with Crippen molar-refractivity contribution in [2.75, 3.05) is 13.2 Å². The molecule has 0 bridgehead atoms. The first-order valence-electron chi connectivity index (χ1n) is 16.8. The van der Waals surface area contributed by atoms with Crippen LogP contribution in [0.5, 0.6) is 23.0 Å². The highest BCUT2D eigenvalue weighted by atomic mass is 16.8. The summed E-state index contributed by atoms with van der Waals surface area (Å²) in [5, 5.41) is 124.